The Hall–Kier alpha value is -3.58. The highest BCUT2D eigenvalue weighted by atomic mass is 35.5. The number of benzene rings is 3. The normalized spacial score (nSPS) is 18.7. The Bertz CT molecular complexity index is 1220. The molecule has 8 heteroatoms. The molecule has 0 fully saturated rings. The second kappa shape index (κ2) is 8.41. The number of aromatic hydroxyl groups is 1. The Morgan fingerprint density at radius 2 is 1.73 bits per heavy atom. The van der Waals surface area contributed by atoms with Gasteiger partial charge in [-0.25, -0.2) is 5.01 Å². The van der Waals surface area contributed by atoms with Crippen LogP contribution >= 0.6 is 11.6 Å². The van der Waals surface area contributed by atoms with Crippen LogP contribution in [-0.2, 0) is 0 Å². The minimum Gasteiger partial charge on any atom is -0.507 e. The van der Waals surface area contributed by atoms with Gasteiger partial charge in [-0.3, -0.25) is 0 Å². The van der Waals surface area contributed by atoms with E-state index in [1.165, 1.54) is 0 Å². The first-order chi connectivity index (χ1) is 16.0. The molecular weight excluding hydrogens is 444 g/mol. The summed E-state index contributed by atoms with van der Waals surface area (Å²) in [5, 5.41) is 17.8. The third-order valence-electron chi connectivity index (χ3n) is 5.94. The Morgan fingerprint density at radius 3 is 2.42 bits per heavy atom. The number of hydrazone groups is 1. The van der Waals surface area contributed by atoms with Crippen molar-refractivity contribution in [3.05, 3.63) is 76.3 Å². The standard InChI is InChI=1S/C25H23ClN2O5/c1-30-22-10-14(11-23(31-2)24(22)32-3)25-28-19(16-6-4-5-7-21(16)33-25)13-18(27-28)17-12-15(26)8-9-20(17)29/h4-12,19,25,29H,13H2,1-3H3/t19-,25-/m1/s1. The Kier molecular flexibility index (Phi) is 5.42. The molecule has 2 atom stereocenters. The molecule has 170 valence electrons. The van der Waals surface area contributed by atoms with Gasteiger partial charge < -0.3 is 24.1 Å². The van der Waals surface area contributed by atoms with Crippen LogP contribution in [0.15, 0.2) is 59.7 Å². The van der Waals surface area contributed by atoms with Gasteiger partial charge in [-0.05, 0) is 36.4 Å². The number of rotatable bonds is 5. The van der Waals surface area contributed by atoms with Crippen LogP contribution in [0.1, 0.15) is 35.4 Å². The average Bonchev–Trinajstić information content (AvgIpc) is 3.29. The molecule has 2 aliphatic rings. The first-order valence-corrected chi connectivity index (χ1v) is 10.8. The van der Waals surface area contributed by atoms with E-state index in [9.17, 15) is 5.11 Å². The van der Waals surface area contributed by atoms with Crippen LogP contribution in [0.5, 0.6) is 28.7 Å². The summed E-state index contributed by atoms with van der Waals surface area (Å²) in [5.41, 5.74) is 3.17. The zero-order valence-corrected chi connectivity index (χ0v) is 19.2. The smallest absolute Gasteiger partial charge is 0.214 e. The molecule has 3 aromatic carbocycles. The molecule has 0 spiro atoms. The molecule has 1 N–H and O–H groups in total. The summed E-state index contributed by atoms with van der Waals surface area (Å²) in [6.07, 6.45) is 0.0484. The maximum Gasteiger partial charge on any atom is 0.214 e. The molecule has 2 heterocycles. The number of hydrogen-bond acceptors (Lipinski definition) is 7. The fourth-order valence-corrected chi connectivity index (χ4v) is 4.57. The van der Waals surface area contributed by atoms with E-state index in [-0.39, 0.29) is 11.8 Å². The lowest BCUT2D eigenvalue weighted by Gasteiger charge is -2.38. The SMILES string of the molecule is COc1cc([C@H]2Oc3ccccc3[C@H]3CC(c4cc(Cl)ccc4O)=NN32)cc(OC)c1OC. The molecule has 0 radical (unpaired) electrons. The lowest BCUT2D eigenvalue weighted by molar-refractivity contribution is -0.0192. The van der Waals surface area contributed by atoms with Crippen LogP contribution in [0.25, 0.3) is 0 Å². The van der Waals surface area contributed by atoms with Crippen molar-refractivity contribution >= 4 is 17.3 Å². The van der Waals surface area contributed by atoms with Crippen LogP contribution in [0.3, 0.4) is 0 Å². The first-order valence-electron chi connectivity index (χ1n) is 10.4. The molecule has 0 aliphatic carbocycles. The maximum absolute atomic E-state index is 10.5. The van der Waals surface area contributed by atoms with E-state index in [0.717, 1.165) is 22.6 Å². The number of halogens is 1. The third kappa shape index (κ3) is 3.58. The average molecular weight is 467 g/mol. The zero-order chi connectivity index (χ0) is 23.1. The molecule has 0 bridgehead atoms. The van der Waals surface area contributed by atoms with E-state index >= 15 is 0 Å². The van der Waals surface area contributed by atoms with Crippen LogP contribution < -0.4 is 18.9 Å². The lowest BCUT2D eigenvalue weighted by atomic mass is 9.95. The quantitative estimate of drug-likeness (QED) is 0.549. The number of hydrogen-bond donors (Lipinski definition) is 1. The fourth-order valence-electron chi connectivity index (χ4n) is 4.40. The van der Waals surface area contributed by atoms with Gasteiger partial charge in [-0.1, -0.05) is 29.8 Å². The molecule has 0 saturated carbocycles. The molecule has 0 amide bonds. The van der Waals surface area contributed by atoms with Gasteiger partial charge in [0.15, 0.2) is 11.5 Å². The Morgan fingerprint density at radius 1 is 1.00 bits per heavy atom. The van der Waals surface area contributed by atoms with Crippen molar-refractivity contribution in [2.75, 3.05) is 21.3 Å². The fraction of sp³-hybridized carbons (Fsp3) is 0.240. The van der Waals surface area contributed by atoms with Gasteiger partial charge >= 0.3 is 0 Å². The van der Waals surface area contributed by atoms with Crippen molar-refractivity contribution in [2.24, 2.45) is 5.10 Å². The topological polar surface area (TPSA) is 72.8 Å². The lowest BCUT2D eigenvalue weighted by Crippen LogP contribution is -2.33. The van der Waals surface area contributed by atoms with Crippen molar-refractivity contribution in [3.63, 3.8) is 0 Å². The number of phenols is 1. The van der Waals surface area contributed by atoms with E-state index < -0.39 is 6.23 Å². The molecule has 2 aliphatic heterocycles. The van der Waals surface area contributed by atoms with E-state index in [1.807, 2.05) is 41.4 Å². The number of fused-ring (bicyclic) bond motifs is 3. The van der Waals surface area contributed by atoms with Gasteiger partial charge in [0.05, 0.1) is 33.1 Å². The minimum absolute atomic E-state index is 0.0765. The maximum atomic E-state index is 10.5. The number of methoxy groups -OCH3 is 3. The molecule has 3 aromatic rings. The van der Waals surface area contributed by atoms with E-state index in [1.54, 1.807) is 39.5 Å². The van der Waals surface area contributed by atoms with Gasteiger partial charge in [0.2, 0.25) is 12.0 Å². The second-order valence-corrected chi connectivity index (χ2v) is 8.21. The van der Waals surface area contributed by atoms with Crippen molar-refractivity contribution < 1.29 is 24.1 Å². The highest BCUT2D eigenvalue weighted by molar-refractivity contribution is 6.31. The second-order valence-electron chi connectivity index (χ2n) is 7.77. The molecule has 5 rings (SSSR count). The molecule has 0 aromatic heterocycles. The van der Waals surface area contributed by atoms with Crippen molar-refractivity contribution in [3.8, 4) is 28.7 Å². The van der Waals surface area contributed by atoms with Crippen molar-refractivity contribution in [2.45, 2.75) is 18.7 Å². The third-order valence-corrected chi connectivity index (χ3v) is 6.18. The summed E-state index contributed by atoms with van der Waals surface area (Å²) in [7, 11) is 4.72. The molecule has 7 nitrogen and oxygen atoms in total. The largest absolute Gasteiger partial charge is 0.507 e. The van der Waals surface area contributed by atoms with Gasteiger partial charge in [0.1, 0.15) is 11.5 Å². The summed E-state index contributed by atoms with van der Waals surface area (Å²) >= 11 is 6.21. The van der Waals surface area contributed by atoms with Gasteiger partial charge in [0, 0.05) is 28.1 Å². The molecule has 33 heavy (non-hydrogen) atoms. The zero-order valence-electron chi connectivity index (χ0n) is 18.4. The number of phenolic OH excluding ortho intramolecular Hbond substituents is 1. The highest BCUT2D eigenvalue weighted by Gasteiger charge is 2.41. The van der Waals surface area contributed by atoms with Crippen LogP contribution in [-0.4, -0.2) is 37.2 Å². The van der Waals surface area contributed by atoms with Gasteiger partial charge in [-0.2, -0.15) is 5.10 Å². The van der Waals surface area contributed by atoms with Crippen molar-refractivity contribution in [1.82, 2.24) is 5.01 Å². The van der Waals surface area contributed by atoms with Gasteiger partial charge in [0.25, 0.3) is 0 Å². The molecular formula is C25H23ClN2O5. The Balaban J connectivity index is 1.64. The highest BCUT2D eigenvalue weighted by Crippen LogP contribution is 2.50. The Labute approximate surface area is 196 Å². The summed E-state index contributed by atoms with van der Waals surface area (Å²) < 4.78 is 23.0. The predicted octanol–water partition coefficient (Wildman–Crippen LogP) is 5.31. The van der Waals surface area contributed by atoms with E-state index in [2.05, 4.69) is 0 Å². The van der Waals surface area contributed by atoms with E-state index in [4.69, 9.17) is 35.6 Å². The number of nitrogens with zero attached hydrogens (tertiary/aromatic N) is 2. The predicted molar refractivity (Wildman–Crippen MR) is 125 cm³/mol. The van der Waals surface area contributed by atoms with Crippen molar-refractivity contribution in [1.29, 1.82) is 0 Å². The monoisotopic (exact) mass is 466 g/mol. The molecule has 0 unspecified atom stereocenters. The first kappa shape index (κ1) is 21.3. The molecule has 0 saturated heterocycles. The van der Waals surface area contributed by atoms with Crippen LogP contribution in [0.2, 0.25) is 5.02 Å². The number of ether oxygens (including phenoxy) is 4. The summed E-state index contributed by atoms with van der Waals surface area (Å²) in [6.45, 7) is 0. The summed E-state index contributed by atoms with van der Waals surface area (Å²) in [6, 6.07) is 16.5. The van der Waals surface area contributed by atoms with E-state index in [0.29, 0.717) is 34.3 Å². The van der Waals surface area contributed by atoms with Crippen LogP contribution in [0.4, 0.5) is 0 Å². The van der Waals surface area contributed by atoms with Gasteiger partial charge in [-0.15, -0.1) is 0 Å². The minimum atomic E-state index is -0.544. The van der Waals surface area contributed by atoms with Crippen LogP contribution in [0, 0.1) is 0 Å². The summed E-state index contributed by atoms with van der Waals surface area (Å²) in [4.78, 5) is 0. The summed E-state index contributed by atoms with van der Waals surface area (Å²) in [5.74, 6) is 2.48. The number of para-hydroxylation sites is 1.